The van der Waals surface area contributed by atoms with Gasteiger partial charge in [-0.05, 0) is 43.7 Å². The van der Waals surface area contributed by atoms with E-state index in [1.807, 2.05) is 6.92 Å². The van der Waals surface area contributed by atoms with Gasteiger partial charge in [0.2, 0.25) is 0 Å². The number of phenols is 1. The zero-order chi connectivity index (χ0) is 19.8. The second kappa shape index (κ2) is 9.62. The fourth-order valence-electron chi connectivity index (χ4n) is 2.68. The molecule has 0 aromatic heterocycles. The van der Waals surface area contributed by atoms with Crippen LogP contribution in [-0.2, 0) is 6.42 Å². The van der Waals surface area contributed by atoms with E-state index < -0.39 is 5.97 Å². The molecule has 0 fully saturated rings. The van der Waals surface area contributed by atoms with Crippen molar-refractivity contribution in [2.45, 2.75) is 33.1 Å². The third kappa shape index (κ3) is 5.48. The number of carboxylic acids is 1. The van der Waals surface area contributed by atoms with Gasteiger partial charge in [0.1, 0.15) is 17.2 Å². The first-order chi connectivity index (χ1) is 12.9. The van der Waals surface area contributed by atoms with Crippen LogP contribution in [0.3, 0.4) is 0 Å². The Balaban J connectivity index is 1.91. The van der Waals surface area contributed by atoms with Crippen molar-refractivity contribution in [1.29, 1.82) is 0 Å². The molecule has 144 valence electrons. The lowest BCUT2D eigenvalue weighted by molar-refractivity contribution is 0.0696. The molecule has 27 heavy (non-hydrogen) atoms. The van der Waals surface area contributed by atoms with Crippen LogP contribution in [0, 0.1) is 0 Å². The average molecular weight is 372 g/mol. The van der Waals surface area contributed by atoms with Crippen LogP contribution >= 0.6 is 0 Å². The molecule has 2 aromatic rings. The predicted molar refractivity (Wildman–Crippen MR) is 101 cm³/mol. The Labute approximate surface area is 158 Å². The zero-order valence-corrected chi connectivity index (χ0v) is 15.5. The van der Waals surface area contributed by atoms with Gasteiger partial charge in [-0.2, -0.15) is 0 Å². The summed E-state index contributed by atoms with van der Waals surface area (Å²) in [7, 11) is 0. The molecule has 0 amide bonds. The second-order valence-electron chi connectivity index (χ2n) is 6.13. The van der Waals surface area contributed by atoms with Crippen LogP contribution in [0.15, 0.2) is 36.4 Å². The maximum absolute atomic E-state index is 11.6. The number of Topliss-reactive ketones (excluding diaryl/α,β-unsaturated/α-hetero) is 1. The summed E-state index contributed by atoms with van der Waals surface area (Å²) in [6, 6.07) is 9.58. The van der Waals surface area contributed by atoms with Crippen LogP contribution in [0.1, 0.15) is 53.0 Å². The predicted octanol–water partition coefficient (Wildman–Crippen LogP) is 4.09. The molecule has 0 radical (unpaired) electrons. The maximum Gasteiger partial charge on any atom is 0.335 e. The Bertz CT molecular complexity index is 812. The molecule has 0 unspecified atom stereocenters. The Hall–Kier alpha value is -3.02. The minimum Gasteiger partial charge on any atom is -0.507 e. The molecular formula is C21H24O6. The highest BCUT2D eigenvalue weighted by atomic mass is 16.5. The molecule has 6 nitrogen and oxygen atoms in total. The number of hydrogen-bond acceptors (Lipinski definition) is 5. The summed E-state index contributed by atoms with van der Waals surface area (Å²) < 4.78 is 11.3. The number of hydrogen-bond donors (Lipinski definition) is 2. The quantitative estimate of drug-likeness (QED) is 0.482. The standard InChI is InChI=1S/C21H24O6/c1-3-6-18-19(10-9-17(14(2)22)20(18)23)27-12-5-11-26-16-8-4-7-15(13-16)21(24)25/h4,7-10,13,23H,3,5-6,11-12H2,1-2H3,(H,24,25). The molecule has 2 aromatic carbocycles. The molecule has 2 rings (SSSR count). The normalized spacial score (nSPS) is 10.4. The van der Waals surface area contributed by atoms with Crippen molar-refractivity contribution in [3.63, 3.8) is 0 Å². The molecule has 0 atom stereocenters. The molecule has 0 aliphatic carbocycles. The largest absolute Gasteiger partial charge is 0.507 e. The van der Waals surface area contributed by atoms with Gasteiger partial charge in [0.25, 0.3) is 0 Å². The number of carboxylic acid groups (broad SMARTS) is 1. The molecule has 0 bridgehead atoms. The van der Waals surface area contributed by atoms with E-state index in [1.54, 1.807) is 24.3 Å². The van der Waals surface area contributed by atoms with Gasteiger partial charge < -0.3 is 19.7 Å². The van der Waals surface area contributed by atoms with E-state index in [1.165, 1.54) is 19.1 Å². The smallest absolute Gasteiger partial charge is 0.335 e. The lowest BCUT2D eigenvalue weighted by Gasteiger charge is -2.15. The minimum absolute atomic E-state index is 0.0106. The summed E-state index contributed by atoms with van der Waals surface area (Å²) in [5.74, 6) is -0.143. The maximum atomic E-state index is 11.6. The van der Waals surface area contributed by atoms with Crippen LogP contribution < -0.4 is 9.47 Å². The van der Waals surface area contributed by atoms with E-state index >= 15 is 0 Å². The Morgan fingerprint density at radius 1 is 1.07 bits per heavy atom. The van der Waals surface area contributed by atoms with Gasteiger partial charge in [-0.1, -0.05) is 19.4 Å². The van der Waals surface area contributed by atoms with Gasteiger partial charge in [-0.3, -0.25) is 4.79 Å². The van der Waals surface area contributed by atoms with Gasteiger partial charge in [0.05, 0.1) is 24.3 Å². The summed E-state index contributed by atoms with van der Waals surface area (Å²) in [5.41, 5.74) is 1.11. The summed E-state index contributed by atoms with van der Waals surface area (Å²) in [6.45, 7) is 4.14. The lowest BCUT2D eigenvalue weighted by Crippen LogP contribution is -2.07. The third-order valence-corrected chi connectivity index (χ3v) is 4.02. The number of ketones is 1. The highest BCUT2D eigenvalue weighted by Crippen LogP contribution is 2.33. The van der Waals surface area contributed by atoms with Crippen molar-refractivity contribution in [3.05, 3.63) is 53.1 Å². The van der Waals surface area contributed by atoms with Gasteiger partial charge >= 0.3 is 5.97 Å². The topological polar surface area (TPSA) is 93.1 Å². The van der Waals surface area contributed by atoms with Gasteiger partial charge in [0, 0.05) is 12.0 Å². The highest BCUT2D eigenvalue weighted by molar-refractivity contribution is 5.97. The average Bonchev–Trinajstić information content (AvgIpc) is 2.64. The van der Waals surface area contributed by atoms with Crippen molar-refractivity contribution >= 4 is 11.8 Å². The molecule has 2 N–H and O–H groups in total. The first-order valence-electron chi connectivity index (χ1n) is 8.88. The third-order valence-electron chi connectivity index (χ3n) is 4.02. The number of ether oxygens (including phenoxy) is 2. The molecule has 0 aliphatic rings. The Morgan fingerprint density at radius 3 is 2.48 bits per heavy atom. The van der Waals surface area contributed by atoms with Crippen LogP contribution in [0.4, 0.5) is 0 Å². The molecule has 0 saturated heterocycles. The molecule has 6 heteroatoms. The summed E-state index contributed by atoms with van der Waals surface area (Å²) >= 11 is 0. The fourth-order valence-corrected chi connectivity index (χ4v) is 2.68. The fraction of sp³-hybridized carbons (Fsp3) is 0.333. The Morgan fingerprint density at radius 2 is 1.81 bits per heavy atom. The molecule has 0 heterocycles. The van der Waals surface area contributed by atoms with E-state index in [0.717, 1.165) is 6.42 Å². The summed E-state index contributed by atoms with van der Waals surface area (Å²) in [5, 5.41) is 19.3. The number of phenolic OH excluding ortho intramolecular Hbond substituents is 1. The van der Waals surface area contributed by atoms with Gasteiger partial charge in [-0.25, -0.2) is 4.79 Å². The van der Waals surface area contributed by atoms with Crippen molar-refractivity contribution in [2.24, 2.45) is 0 Å². The highest BCUT2D eigenvalue weighted by Gasteiger charge is 2.15. The second-order valence-corrected chi connectivity index (χ2v) is 6.13. The molecule has 0 aliphatic heterocycles. The van der Waals surface area contributed by atoms with Crippen molar-refractivity contribution in [2.75, 3.05) is 13.2 Å². The molecule has 0 spiro atoms. The van der Waals surface area contributed by atoms with E-state index in [9.17, 15) is 14.7 Å². The van der Waals surface area contributed by atoms with E-state index in [2.05, 4.69) is 0 Å². The number of carbonyl (C=O) groups is 2. The van der Waals surface area contributed by atoms with E-state index in [4.69, 9.17) is 14.6 Å². The SMILES string of the molecule is CCCc1c(OCCCOc2cccc(C(=O)O)c2)ccc(C(C)=O)c1O. The van der Waals surface area contributed by atoms with E-state index in [0.29, 0.717) is 48.7 Å². The Kier molecular flexibility index (Phi) is 7.23. The molecule has 0 saturated carbocycles. The van der Waals surface area contributed by atoms with Crippen molar-refractivity contribution in [1.82, 2.24) is 0 Å². The van der Waals surface area contributed by atoms with E-state index in [-0.39, 0.29) is 17.1 Å². The number of aromatic hydroxyl groups is 1. The van der Waals surface area contributed by atoms with Gasteiger partial charge in [0.15, 0.2) is 5.78 Å². The van der Waals surface area contributed by atoms with Crippen molar-refractivity contribution in [3.8, 4) is 17.2 Å². The van der Waals surface area contributed by atoms with Gasteiger partial charge in [-0.15, -0.1) is 0 Å². The van der Waals surface area contributed by atoms with Crippen LogP contribution in [0.5, 0.6) is 17.2 Å². The summed E-state index contributed by atoms with van der Waals surface area (Å²) in [4.78, 5) is 22.5. The number of carbonyl (C=O) groups excluding carboxylic acids is 1. The number of aromatic carboxylic acids is 1. The lowest BCUT2D eigenvalue weighted by atomic mass is 10.0. The van der Waals surface area contributed by atoms with Crippen molar-refractivity contribution < 1.29 is 29.3 Å². The minimum atomic E-state index is -0.999. The molecular weight excluding hydrogens is 348 g/mol. The van der Waals surface area contributed by atoms with Crippen LogP contribution in [-0.4, -0.2) is 35.2 Å². The zero-order valence-electron chi connectivity index (χ0n) is 15.5. The summed E-state index contributed by atoms with van der Waals surface area (Å²) in [6.07, 6.45) is 2.01. The number of rotatable bonds is 10. The van der Waals surface area contributed by atoms with Crippen LogP contribution in [0.2, 0.25) is 0 Å². The van der Waals surface area contributed by atoms with Crippen LogP contribution in [0.25, 0.3) is 0 Å². The first kappa shape index (κ1) is 20.3. The first-order valence-corrected chi connectivity index (χ1v) is 8.88. The number of benzene rings is 2. The monoisotopic (exact) mass is 372 g/mol.